The summed E-state index contributed by atoms with van der Waals surface area (Å²) in [7, 11) is 0. The van der Waals surface area contributed by atoms with E-state index in [4.69, 9.17) is 0 Å². The Morgan fingerprint density at radius 1 is 1.26 bits per heavy atom. The summed E-state index contributed by atoms with van der Waals surface area (Å²) in [5.74, 6) is 0.727. The first kappa shape index (κ1) is 14.8. The van der Waals surface area contributed by atoms with Gasteiger partial charge in [0.05, 0.1) is 0 Å². The zero-order valence-electron chi connectivity index (χ0n) is 11.7. The quantitative estimate of drug-likeness (QED) is 0.722. The van der Waals surface area contributed by atoms with Crippen molar-refractivity contribution in [2.75, 3.05) is 6.54 Å². The highest BCUT2D eigenvalue weighted by atomic mass is 127. The van der Waals surface area contributed by atoms with Crippen LogP contribution in [-0.4, -0.2) is 23.4 Å². The fourth-order valence-corrected chi connectivity index (χ4v) is 3.13. The second kappa shape index (κ2) is 6.73. The Morgan fingerprint density at radius 2 is 1.84 bits per heavy atom. The molecule has 0 unspecified atom stereocenters. The average Bonchev–Trinajstić information content (AvgIpc) is 2.89. The number of hydrogen-bond donors (Lipinski definition) is 0. The molecule has 0 atom stereocenters. The Labute approximate surface area is 129 Å². The number of rotatable bonds is 4. The highest BCUT2D eigenvalue weighted by Gasteiger charge is 2.27. The summed E-state index contributed by atoms with van der Waals surface area (Å²) in [6, 6.07) is 8.37. The van der Waals surface area contributed by atoms with Gasteiger partial charge in [0.2, 0.25) is 0 Å². The van der Waals surface area contributed by atoms with Crippen molar-refractivity contribution < 1.29 is 4.79 Å². The molecule has 1 fully saturated rings. The minimum Gasteiger partial charge on any atom is -0.335 e. The molecule has 1 aromatic carbocycles. The van der Waals surface area contributed by atoms with Crippen LogP contribution in [0.15, 0.2) is 24.3 Å². The van der Waals surface area contributed by atoms with Crippen LogP contribution in [0.1, 0.15) is 49.9 Å². The predicted octanol–water partition coefficient (Wildman–Crippen LogP) is 4.33. The normalized spacial score (nSPS) is 16.0. The molecule has 3 heteroatoms. The summed E-state index contributed by atoms with van der Waals surface area (Å²) >= 11 is 2.27. The van der Waals surface area contributed by atoms with E-state index in [-0.39, 0.29) is 5.91 Å². The third kappa shape index (κ3) is 3.94. The maximum absolute atomic E-state index is 12.7. The molecule has 2 nitrogen and oxygen atoms in total. The van der Waals surface area contributed by atoms with Gasteiger partial charge in [-0.3, -0.25) is 4.79 Å². The number of carbonyl (C=O) groups excluding carboxylic acids is 1. The van der Waals surface area contributed by atoms with Gasteiger partial charge in [0.1, 0.15) is 0 Å². The highest BCUT2D eigenvalue weighted by Crippen LogP contribution is 2.26. The number of nitrogens with zero attached hydrogens (tertiary/aromatic N) is 1. The molecule has 1 aromatic rings. The minimum atomic E-state index is 0.206. The zero-order valence-corrected chi connectivity index (χ0v) is 13.9. The molecule has 19 heavy (non-hydrogen) atoms. The summed E-state index contributed by atoms with van der Waals surface area (Å²) < 4.78 is 1.17. The molecule has 0 spiro atoms. The van der Waals surface area contributed by atoms with Crippen molar-refractivity contribution >= 4 is 28.5 Å². The predicted molar refractivity (Wildman–Crippen MR) is 87.3 cm³/mol. The first-order chi connectivity index (χ1) is 9.08. The molecular weight excluding hydrogens is 349 g/mol. The molecule has 0 saturated heterocycles. The lowest BCUT2D eigenvalue weighted by molar-refractivity contribution is 0.0655. The van der Waals surface area contributed by atoms with E-state index < -0.39 is 0 Å². The number of carbonyl (C=O) groups is 1. The van der Waals surface area contributed by atoms with Crippen LogP contribution in [0.25, 0.3) is 0 Å². The van der Waals surface area contributed by atoms with Gasteiger partial charge in [0.15, 0.2) is 0 Å². The second-order valence-corrected chi connectivity index (χ2v) is 7.04. The first-order valence-electron chi connectivity index (χ1n) is 7.14. The van der Waals surface area contributed by atoms with Gasteiger partial charge >= 0.3 is 0 Å². The number of halogens is 1. The molecule has 0 aromatic heterocycles. The molecule has 104 valence electrons. The molecule has 1 aliphatic rings. The van der Waals surface area contributed by atoms with Crippen LogP contribution in [0.2, 0.25) is 0 Å². The summed E-state index contributed by atoms with van der Waals surface area (Å²) in [5, 5.41) is 0. The van der Waals surface area contributed by atoms with Crippen molar-refractivity contribution in [3.05, 3.63) is 33.4 Å². The van der Waals surface area contributed by atoms with Crippen LogP contribution < -0.4 is 0 Å². The fourth-order valence-electron chi connectivity index (χ4n) is 2.77. The Kier molecular flexibility index (Phi) is 5.25. The van der Waals surface area contributed by atoms with Gasteiger partial charge in [-0.15, -0.1) is 0 Å². The van der Waals surface area contributed by atoms with Crippen molar-refractivity contribution in [3.63, 3.8) is 0 Å². The van der Waals surface area contributed by atoms with E-state index in [1.165, 1.54) is 29.3 Å². The Morgan fingerprint density at radius 3 is 2.37 bits per heavy atom. The van der Waals surface area contributed by atoms with Crippen molar-refractivity contribution in [1.82, 2.24) is 4.90 Å². The van der Waals surface area contributed by atoms with Gasteiger partial charge in [-0.25, -0.2) is 0 Å². The van der Waals surface area contributed by atoms with Crippen molar-refractivity contribution in [2.45, 2.75) is 45.6 Å². The summed E-state index contributed by atoms with van der Waals surface area (Å²) in [5.41, 5.74) is 0.827. The van der Waals surface area contributed by atoms with Crippen LogP contribution in [0, 0.1) is 9.49 Å². The van der Waals surface area contributed by atoms with Gasteiger partial charge < -0.3 is 4.90 Å². The molecule has 1 amide bonds. The van der Waals surface area contributed by atoms with Crippen LogP contribution in [-0.2, 0) is 0 Å². The van der Waals surface area contributed by atoms with Crippen LogP contribution in [0.3, 0.4) is 0 Å². The third-order valence-corrected chi connectivity index (χ3v) is 4.40. The van der Waals surface area contributed by atoms with Gasteiger partial charge in [-0.1, -0.05) is 26.7 Å². The van der Waals surface area contributed by atoms with E-state index in [9.17, 15) is 4.79 Å². The standard InChI is InChI=1S/C16H22INO/c1-12(2)11-18(15-5-3-4-6-15)16(19)13-7-9-14(17)10-8-13/h7-10,12,15H,3-6,11H2,1-2H3. The fraction of sp³-hybridized carbons (Fsp3) is 0.562. The van der Waals surface area contributed by atoms with Crippen molar-refractivity contribution in [3.8, 4) is 0 Å². The maximum atomic E-state index is 12.7. The van der Waals surface area contributed by atoms with E-state index >= 15 is 0 Å². The van der Waals surface area contributed by atoms with Gasteiger partial charge in [-0.05, 0) is 65.6 Å². The molecule has 1 saturated carbocycles. The molecule has 2 rings (SSSR count). The molecule has 1 aliphatic carbocycles. The molecule has 0 bridgehead atoms. The maximum Gasteiger partial charge on any atom is 0.254 e. The van der Waals surface area contributed by atoms with Gasteiger partial charge in [0.25, 0.3) is 5.91 Å². The molecule has 0 radical (unpaired) electrons. The lowest BCUT2D eigenvalue weighted by Gasteiger charge is -2.30. The Hall–Kier alpha value is -0.580. The average molecular weight is 371 g/mol. The van der Waals surface area contributed by atoms with Crippen LogP contribution >= 0.6 is 22.6 Å². The Balaban J connectivity index is 2.16. The van der Waals surface area contributed by atoms with Gasteiger partial charge in [0, 0.05) is 21.7 Å². The van der Waals surface area contributed by atoms with Crippen LogP contribution in [0.4, 0.5) is 0 Å². The summed E-state index contributed by atoms with van der Waals surface area (Å²) in [6.45, 7) is 5.24. The summed E-state index contributed by atoms with van der Waals surface area (Å²) in [6.07, 6.45) is 4.87. The van der Waals surface area contributed by atoms with Crippen molar-refractivity contribution in [2.24, 2.45) is 5.92 Å². The first-order valence-corrected chi connectivity index (χ1v) is 8.22. The topological polar surface area (TPSA) is 20.3 Å². The van der Waals surface area contributed by atoms with E-state index in [1.807, 2.05) is 24.3 Å². The lowest BCUT2D eigenvalue weighted by Crippen LogP contribution is -2.41. The van der Waals surface area contributed by atoms with E-state index in [2.05, 4.69) is 41.3 Å². The molecule has 0 aliphatic heterocycles. The molecule has 0 heterocycles. The lowest BCUT2D eigenvalue weighted by atomic mass is 10.1. The highest BCUT2D eigenvalue weighted by molar-refractivity contribution is 14.1. The van der Waals surface area contributed by atoms with Gasteiger partial charge in [-0.2, -0.15) is 0 Å². The minimum absolute atomic E-state index is 0.206. The molecule has 0 N–H and O–H groups in total. The SMILES string of the molecule is CC(C)CN(C(=O)c1ccc(I)cc1)C1CCCC1. The third-order valence-electron chi connectivity index (χ3n) is 3.68. The van der Waals surface area contributed by atoms with E-state index in [1.54, 1.807) is 0 Å². The van der Waals surface area contributed by atoms with E-state index in [0.29, 0.717) is 12.0 Å². The number of hydrogen-bond acceptors (Lipinski definition) is 1. The smallest absolute Gasteiger partial charge is 0.254 e. The monoisotopic (exact) mass is 371 g/mol. The van der Waals surface area contributed by atoms with Crippen LogP contribution in [0.5, 0.6) is 0 Å². The molecular formula is C16H22INO. The number of benzene rings is 1. The largest absolute Gasteiger partial charge is 0.335 e. The summed E-state index contributed by atoms with van der Waals surface area (Å²) in [4.78, 5) is 14.8. The second-order valence-electron chi connectivity index (χ2n) is 5.80. The Bertz CT molecular complexity index is 421. The number of amides is 1. The zero-order chi connectivity index (χ0) is 13.8. The van der Waals surface area contributed by atoms with E-state index in [0.717, 1.165) is 12.1 Å². The van der Waals surface area contributed by atoms with Crippen molar-refractivity contribution in [1.29, 1.82) is 0 Å².